The number of amides is 1. The predicted molar refractivity (Wildman–Crippen MR) is 35.6 cm³/mol. The van der Waals surface area contributed by atoms with Gasteiger partial charge in [-0.2, -0.15) is 0 Å². The maximum Gasteiger partial charge on any atom is 0.315 e. The zero-order chi connectivity index (χ0) is 8.27. The molecule has 0 aromatic carbocycles. The van der Waals surface area contributed by atoms with Crippen molar-refractivity contribution in [2.45, 2.75) is 0 Å². The summed E-state index contributed by atoms with van der Waals surface area (Å²) in [6, 6.07) is 1.47. The van der Waals surface area contributed by atoms with Crippen molar-refractivity contribution in [2.24, 2.45) is 0 Å². The zero-order valence-electron chi connectivity index (χ0n) is 6.27. The Hall–Kier alpha value is -1.36. The van der Waals surface area contributed by atoms with Gasteiger partial charge < -0.3 is 4.52 Å². The summed E-state index contributed by atoms with van der Waals surface area (Å²) in [4.78, 5) is 15.7. The smallest absolute Gasteiger partial charge is 0.315 e. The topological polar surface area (TPSA) is 55.6 Å². The second-order valence-corrected chi connectivity index (χ2v) is 1.86. The van der Waals surface area contributed by atoms with Crippen molar-refractivity contribution < 1.29 is 14.2 Å². The standard InChI is InChI=1S/C6H8N2O3/c1-8(10-2)6(9)5-3-4-7-11-5/h3-4H,1-2H3. The van der Waals surface area contributed by atoms with Gasteiger partial charge in [-0.25, -0.2) is 5.06 Å². The van der Waals surface area contributed by atoms with Gasteiger partial charge in [0.1, 0.15) is 0 Å². The second-order valence-electron chi connectivity index (χ2n) is 1.86. The van der Waals surface area contributed by atoms with Crippen molar-refractivity contribution in [3.8, 4) is 0 Å². The number of rotatable bonds is 2. The molecule has 60 valence electrons. The number of hydrogen-bond acceptors (Lipinski definition) is 4. The largest absolute Gasteiger partial charge is 0.351 e. The van der Waals surface area contributed by atoms with Gasteiger partial charge in [-0.15, -0.1) is 0 Å². The number of carbonyl (C=O) groups excluding carboxylic acids is 1. The van der Waals surface area contributed by atoms with E-state index in [4.69, 9.17) is 0 Å². The first-order valence-corrected chi connectivity index (χ1v) is 2.98. The maximum absolute atomic E-state index is 11.1. The number of carbonyl (C=O) groups is 1. The molecule has 1 heterocycles. The number of nitrogens with zero attached hydrogens (tertiary/aromatic N) is 2. The van der Waals surface area contributed by atoms with Crippen LogP contribution in [-0.2, 0) is 4.84 Å². The fourth-order valence-electron chi connectivity index (χ4n) is 0.564. The Bertz CT molecular complexity index is 232. The van der Waals surface area contributed by atoms with Gasteiger partial charge >= 0.3 is 5.91 Å². The molecule has 0 atom stereocenters. The van der Waals surface area contributed by atoms with E-state index in [0.717, 1.165) is 5.06 Å². The highest BCUT2D eigenvalue weighted by Crippen LogP contribution is 2.00. The molecule has 1 aromatic rings. The van der Waals surface area contributed by atoms with Crippen molar-refractivity contribution in [1.82, 2.24) is 10.2 Å². The van der Waals surface area contributed by atoms with Crippen LogP contribution in [0.3, 0.4) is 0 Å². The van der Waals surface area contributed by atoms with Gasteiger partial charge in [0.05, 0.1) is 13.3 Å². The van der Waals surface area contributed by atoms with Gasteiger partial charge in [0.2, 0.25) is 5.76 Å². The summed E-state index contributed by atoms with van der Waals surface area (Å²) in [5, 5.41) is 4.44. The summed E-state index contributed by atoms with van der Waals surface area (Å²) in [7, 11) is 2.89. The Balaban J connectivity index is 2.70. The van der Waals surface area contributed by atoms with E-state index in [0.29, 0.717) is 0 Å². The molecule has 0 spiro atoms. The molecule has 5 nitrogen and oxygen atoms in total. The van der Waals surface area contributed by atoms with Gasteiger partial charge in [-0.3, -0.25) is 9.63 Å². The summed E-state index contributed by atoms with van der Waals surface area (Å²) in [5.41, 5.74) is 0. The monoisotopic (exact) mass is 156 g/mol. The van der Waals surface area contributed by atoms with Crippen LogP contribution in [0.25, 0.3) is 0 Å². The SMILES string of the molecule is CON(C)C(=O)c1ccno1. The van der Waals surface area contributed by atoms with Crippen molar-refractivity contribution in [3.05, 3.63) is 18.0 Å². The third-order valence-electron chi connectivity index (χ3n) is 1.21. The summed E-state index contributed by atoms with van der Waals surface area (Å²) in [6.45, 7) is 0. The first-order chi connectivity index (χ1) is 5.25. The summed E-state index contributed by atoms with van der Waals surface area (Å²) in [5.74, 6) is -0.195. The van der Waals surface area contributed by atoms with E-state index >= 15 is 0 Å². The predicted octanol–water partition coefficient (Wildman–Crippen LogP) is 0.308. The average Bonchev–Trinajstić information content (AvgIpc) is 2.53. The van der Waals surface area contributed by atoms with Crippen LogP contribution in [0.2, 0.25) is 0 Å². The van der Waals surface area contributed by atoms with E-state index in [1.165, 1.54) is 26.4 Å². The molecule has 0 saturated carbocycles. The molecule has 1 amide bonds. The van der Waals surface area contributed by atoms with Crippen LogP contribution in [0, 0.1) is 0 Å². The first-order valence-electron chi connectivity index (χ1n) is 2.98. The third kappa shape index (κ3) is 1.56. The molecule has 0 unspecified atom stereocenters. The highest BCUT2D eigenvalue weighted by atomic mass is 16.7. The van der Waals surface area contributed by atoms with Gasteiger partial charge in [0.25, 0.3) is 0 Å². The minimum atomic E-state index is -0.356. The Morgan fingerprint density at radius 2 is 2.55 bits per heavy atom. The Labute approximate surface area is 63.5 Å². The van der Waals surface area contributed by atoms with Crippen molar-refractivity contribution in [2.75, 3.05) is 14.2 Å². The van der Waals surface area contributed by atoms with Gasteiger partial charge in [0.15, 0.2) is 0 Å². The molecule has 0 N–H and O–H groups in total. The molecule has 0 saturated heterocycles. The quantitative estimate of drug-likeness (QED) is 0.578. The first kappa shape index (κ1) is 7.74. The van der Waals surface area contributed by atoms with E-state index in [9.17, 15) is 4.79 Å². The van der Waals surface area contributed by atoms with Crippen LogP contribution in [0.4, 0.5) is 0 Å². The van der Waals surface area contributed by atoms with Crippen LogP contribution < -0.4 is 0 Å². The Kier molecular flexibility index (Phi) is 2.22. The lowest BCUT2D eigenvalue weighted by Gasteiger charge is -2.10. The van der Waals surface area contributed by atoms with Crippen LogP contribution in [0.1, 0.15) is 10.6 Å². The van der Waals surface area contributed by atoms with Crippen LogP contribution in [0.15, 0.2) is 16.8 Å². The molecule has 0 bridgehead atoms. The second kappa shape index (κ2) is 3.16. The molecule has 0 aliphatic heterocycles. The molecule has 0 aliphatic carbocycles. The van der Waals surface area contributed by atoms with Crippen LogP contribution in [-0.4, -0.2) is 30.3 Å². The van der Waals surface area contributed by atoms with Gasteiger partial charge in [0, 0.05) is 13.1 Å². The summed E-state index contributed by atoms with van der Waals surface area (Å²) >= 11 is 0. The highest BCUT2D eigenvalue weighted by Gasteiger charge is 2.14. The normalized spacial score (nSPS) is 9.64. The molecule has 1 aromatic heterocycles. The van der Waals surface area contributed by atoms with E-state index in [1.54, 1.807) is 0 Å². The zero-order valence-corrected chi connectivity index (χ0v) is 6.27. The third-order valence-corrected chi connectivity index (χ3v) is 1.21. The average molecular weight is 156 g/mol. The van der Waals surface area contributed by atoms with Gasteiger partial charge in [-0.1, -0.05) is 5.16 Å². The van der Waals surface area contributed by atoms with Crippen molar-refractivity contribution in [3.63, 3.8) is 0 Å². The van der Waals surface area contributed by atoms with E-state index in [-0.39, 0.29) is 11.7 Å². The molecule has 0 aliphatic rings. The van der Waals surface area contributed by atoms with E-state index < -0.39 is 0 Å². The van der Waals surface area contributed by atoms with Gasteiger partial charge in [-0.05, 0) is 0 Å². The lowest BCUT2D eigenvalue weighted by atomic mass is 10.4. The molecular weight excluding hydrogens is 148 g/mol. The lowest BCUT2D eigenvalue weighted by Crippen LogP contribution is -2.24. The molecular formula is C6H8N2O3. The molecule has 5 heteroatoms. The minimum Gasteiger partial charge on any atom is -0.351 e. The Morgan fingerprint density at radius 1 is 1.82 bits per heavy atom. The van der Waals surface area contributed by atoms with Crippen molar-refractivity contribution in [1.29, 1.82) is 0 Å². The fraction of sp³-hybridized carbons (Fsp3) is 0.333. The summed E-state index contributed by atoms with van der Waals surface area (Å²) < 4.78 is 4.60. The minimum absolute atomic E-state index is 0.161. The highest BCUT2D eigenvalue weighted by molar-refractivity contribution is 5.90. The molecule has 1 rings (SSSR count). The lowest BCUT2D eigenvalue weighted by molar-refractivity contribution is -0.0776. The number of hydrogen-bond donors (Lipinski definition) is 0. The van der Waals surface area contributed by atoms with Crippen molar-refractivity contribution >= 4 is 5.91 Å². The Morgan fingerprint density at radius 3 is 3.00 bits per heavy atom. The summed E-state index contributed by atoms with van der Waals surface area (Å²) in [6.07, 6.45) is 1.40. The van der Waals surface area contributed by atoms with E-state index in [1.807, 2.05) is 0 Å². The fourth-order valence-corrected chi connectivity index (χ4v) is 0.564. The van der Waals surface area contributed by atoms with Crippen LogP contribution >= 0.6 is 0 Å². The van der Waals surface area contributed by atoms with E-state index in [2.05, 4.69) is 14.5 Å². The molecule has 0 fully saturated rings. The van der Waals surface area contributed by atoms with Crippen LogP contribution in [0.5, 0.6) is 0 Å². The molecule has 11 heavy (non-hydrogen) atoms. The maximum atomic E-state index is 11.1. The number of hydroxylamine groups is 2. The molecule has 0 radical (unpaired) electrons. The number of aromatic nitrogens is 1.